The number of amides is 1. The van der Waals surface area contributed by atoms with Gasteiger partial charge in [-0.3, -0.25) is 19.9 Å². The topological polar surface area (TPSA) is 124 Å². The number of pyridine rings is 1. The number of non-ortho nitro benzene ring substituents is 1. The van der Waals surface area contributed by atoms with E-state index in [9.17, 15) is 14.9 Å². The van der Waals surface area contributed by atoms with Gasteiger partial charge in [-0.05, 0) is 68.0 Å². The van der Waals surface area contributed by atoms with Crippen LogP contribution in [-0.4, -0.2) is 39.7 Å². The maximum absolute atomic E-state index is 12.1. The zero-order chi connectivity index (χ0) is 30.8. The van der Waals surface area contributed by atoms with Crippen LogP contribution < -0.4 is 25.0 Å². The second-order valence-corrected chi connectivity index (χ2v) is 10.4. The van der Waals surface area contributed by atoms with Crippen molar-refractivity contribution in [2.45, 2.75) is 39.3 Å². The van der Waals surface area contributed by atoms with Crippen molar-refractivity contribution in [2.24, 2.45) is 0 Å². The first-order valence-corrected chi connectivity index (χ1v) is 14.1. The molecule has 12 heteroatoms. The summed E-state index contributed by atoms with van der Waals surface area (Å²) in [4.78, 5) is 29.8. The fraction of sp³-hybridized carbons (Fsp3) is 0.258. The van der Waals surface area contributed by atoms with Crippen molar-refractivity contribution in [3.63, 3.8) is 0 Å². The second kappa shape index (κ2) is 12.1. The molecule has 43 heavy (non-hydrogen) atoms. The molecule has 0 aliphatic carbocycles. The zero-order valence-corrected chi connectivity index (χ0v) is 25.3. The number of rotatable bonds is 9. The summed E-state index contributed by atoms with van der Waals surface area (Å²) < 4.78 is 13.3. The van der Waals surface area contributed by atoms with E-state index in [1.807, 2.05) is 53.6 Å². The van der Waals surface area contributed by atoms with Crippen molar-refractivity contribution in [2.75, 3.05) is 24.4 Å². The molecule has 1 amide bonds. The third kappa shape index (κ3) is 5.48. The quantitative estimate of drug-likeness (QED) is 0.136. The summed E-state index contributed by atoms with van der Waals surface area (Å²) in [5.74, 6) is 0.769. The number of aryl methyl sites for hydroxylation is 1. The maximum Gasteiger partial charge on any atom is 0.273 e. The van der Waals surface area contributed by atoms with Gasteiger partial charge in [-0.2, -0.15) is 0 Å². The van der Waals surface area contributed by atoms with Gasteiger partial charge in [0.05, 0.1) is 54.4 Å². The average molecular weight is 601 g/mol. The third-order valence-electron chi connectivity index (χ3n) is 7.56. The highest BCUT2D eigenvalue weighted by Crippen LogP contribution is 2.45. The van der Waals surface area contributed by atoms with E-state index >= 15 is 0 Å². The number of carbonyl (C=O) groups excluding carboxylic acids is 1. The molecule has 2 N–H and O–H groups in total. The predicted molar refractivity (Wildman–Crippen MR) is 168 cm³/mol. The molecule has 0 radical (unpaired) electrons. The van der Waals surface area contributed by atoms with Gasteiger partial charge in [-0.15, -0.1) is 0 Å². The Morgan fingerprint density at radius 2 is 1.86 bits per heavy atom. The van der Waals surface area contributed by atoms with Crippen LogP contribution in [0.25, 0.3) is 5.69 Å². The van der Waals surface area contributed by atoms with Crippen molar-refractivity contribution >= 4 is 40.3 Å². The van der Waals surface area contributed by atoms with E-state index in [0.29, 0.717) is 34.4 Å². The first-order valence-electron chi connectivity index (χ1n) is 13.7. The predicted octanol–water partition coefficient (Wildman–Crippen LogP) is 5.94. The Morgan fingerprint density at radius 3 is 2.51 bits per heavy atom. The van der Waals surface area contributed by atoms with Gasteiger partial charge in [0.1, 0.15) is 11.5 Å². The monoisotopic (exact) mass is 600 g/mol. The molecule has 11 nitrogen and oxygen atoms in total. The van der Waals surface area contributed by atoms with E-state index in [2.05, 4.69) is 21.7 Å². The minimum absolute atomic E-state index is 0.0532. The Balaban J connectivity index is 1.66. The number of methoxy groups -OCH3 is 2. The number of carbonyl (C=O) groups is 1. The van der Waals surface area contributed by atoms with Gasteiger partial charge in [0, 0.05) is 41.8 Å². The Labute approximate surface area is 254 Å². The number of anilines is 2. The van der Waals surface area contributed by atoms with E-state index < -0.39 is 4.92 Å². The highest BCUT2D eigenvalue weighted by Gasteiger charge is 2.42. The molecule has 2 aromatic heterocycles. The smallest absolute Gasteiger partial charge is 0.273 e. The van der Waals surface area contributed by atoms with Gasteiger partial charge in [-0.25, -0.2) is 0 Å². The number of nitrogens with zero attached hydrogens (tertiary/aromatic N) is 4. The van der Waals surface area contributed by atoms with E-state index in [-0.39, 0.29) is 23.7 Å². The molecular weight excluding hydrogens is 568 g/mol. The van der Waals surface area contributed by atoms with Gasteiger partial charge >= 0.3 is 0 Å². The number of benzene rings is 2. The number of hydrogen-bond donors (Lipinski definition) is 2. The molecule has 1 aliphatic heterocycles. The molecule has 0 saturated carbocycles. The van der Waals surface area contributed by atoms with Gasteiger partial charge < -0.3 is 29.6 Å². The fourth-order valence-corrected chi connectivity index (χ4v) is 5.89. The number of aromatic nitrogens is 2. The lowest BCUT2D eigenvalue weighted by molar-refractivity contribution is -0.384. The van der Waals surface area contributed by atoms with E-state index in [0.717, 1.165) is 28.3 Å². The van der Waals surface area contributed by atoms with Gasteiger partial charge in [0.15, 0.2) is 5.11 Å². The van der Waals surface area contributed by atoms with Crippen LogP contribution in [0.5, 0.6) is 11.5 Å². The molecule has 0 unspecified atom stereocenters. The first kappa shape index (κ1) is 29.5. The number of thiocarbonyl (C=S) groups is 1. The number of hydrogen-bond acceptors (Lipinski definition) is 7. The molecule has 0 bridgehead atoms. The molecular formula is C31H32N6O5S. The molecule has 5 rings (SSSR count). The third-order valence-corrected chi connectivity index (χ3v) is 7.88. The molecule has 4 aromatic rings. The molecule has 0 spiro atoms. The van der Waals surface area contributed by atoms with E-state index in [4.69, 9.17) is 21.7 Å². The minimum Gasteiger partial charge on any atom is -0.494 e. The minimum atomic E-state index is -0.444. The SMILES string of the molecule is CCC(=O)Nc1ccc(N2C(=S)N[C@H](c3ccccn3)[C@@H]2c2cc(C)n(-c3ccc([N+](=O)[O-])cc3OC)c2C)cc1OC. The van der Waals surface area contributed by atoms with Gasteiger partial charge in [0.25, 0.3) is 5.69 Å². The first-order chi connectivity index (χ1) is 20.7. The lowest BCUT2D eigenvalue weighted by Gasteiger charge is -2.29. The summed E-state index contributed by atoms with van der Waals surface area (Å²) in [5.41, 5.74) is 5.57. The summed E-state index contributed by atoms with van der Waals surface area (Å²) in [5, 5.41) is 18.3. The molecule has 222 valence electrons. The highest BCUT2D eigenvalue weighted by atomic mass is 32.1. The molecule has 2 aromatic carbocycles. The highest BCUT2D eigenvalue weighted by molar-refractivity contribution is 7.80. The molecule has 3 heterocycles. The van der Waals surface area contributed by atoms with Gasteiger partial charge in [-0.1, -0.05) is 13.0 Å². The number of nitrogens with one attached hydrogen (secondary N) is 2. The Morgan fingerprint density at radius 1 is 1.09 bits per heavy atom. The van der Waals surface area contributed by atoms with Crippen LogP contribution in [0.4, 0.5) is 17.1 Å². The number of ether oxygens (including phenoxy) is 2. The summed E-state index contributed by atoms with van der Waals surface area (Å²) in [6.45, 7) is 5.77. The van der Waals surface area contributed by atoms with Crippen LogP contribution in [0.15, 0.2) is 66.9 Å². The van der Waals surface area contributed by atoms with E-state index in [1.54, 1.807) is 32.4 Å². The molecule has 1 fully saturated rings. The van der Waals surface area contributed by atoms with E-state index in [1.165, 1.54) is 19.2 Å². The summed E-state index contributed by atoms with van der Waals surface area (Å²) in [6.07, 6.45) is 2.09. The van der Waals surface area contributed by atoms with Gasteiger partial charge in [0.2, 0.25) is 5.91 Å². The summed E-state index contributed by atoms with van der Waals surface area (Å²) in [7, 11) is 3.05. The summed E-state index contributed by atoms with van der Waals surface area (Å²) in [6, 6.07) is 17.4. The van der Waals surface area contributed by atoms with Crippen LogP contribution in [0.1, 0.15) is 48.1 Å². The van der Waals surface area contributed by atoms with Crippen molar-refractivity contribution in [3.8, 4) is 17.2 Å². The number of nitro groups is 1. The van der Waals surface area contributed by atoms with Crippen LogP contribution in [0, 0.1) is 24.0 Å². The average Bonchev–Trinajstić information content (AvgIpc) is 3.51. The zero-order valence-electron chi connectivity index (χ0n) is 24.5. The van der Waals surface area contributed by atoms with Crippen LogP contribution >= 0.6 is 12.2 Å². The largest absolute Gasteiger partial charge is 0.494 e. The van der Waals surface area contributed by atoms with Crippen LogP contribution in [0.2, 0.25) is 0 Å². The Bertz CT molecular complexity index is 1710. The fourth-order valence-electron chi connectivity index (χ4n) is 5.54. The Hall–Kier alpha value is -4.97. The molecule has 1 aliphatic rings. The normalized spacial score (nSPS) is 16.1. The lowest BCUT2D eigenvalue weighted by atomic mass is 9.96. The van der Waals surface area contributed by atoms with Crippen molar-refractivity contribution in [1.29, 1.82) is 0 Å². The van der Waals surface area contributed by atoms with Crippen LogP contribution in [-0.2, 0) is 4.79 Å². The Kier molecular flexibility index (Phi) is 8.31. The standard InChI is InChI=1S/C31H32N6O5S/c1-6-28(38)33-23-12-10-20(16-26(23)41-4)36-30(29(34-31(36)43)24-9-7-8-14-32-24)22-15-18(2)35(19(22)3)25-13-11-21(37(39)40)17-27(25)42-5/h7-17,29-30H,6H2,1-5H3,(H,33,38)(H,34,43)/t29-,30+/m1/s1. The summed E-state index contributed by atoms with van der Waals surface area (Å²) >= 11 is 5.92. The maximum atomic E-state index is 12.1. The molecule has 2 atom stereocenters. The number of nitro benzene ring substituents is 1. The van der Waals surface area contributed by atoms with Crippen molar-refractivity contribution < 1.29 is 19.2 Å². The second-order valence-electron chi connectivity index (χ2n) is 10.1. The lowest BCUT2D eigenvalue weighted by Crippen LogP contribution is -2.29. The van der Waals surface area contributed by atoms with Crippen molar-refractivity contribution in [3.05, 3.63) is 99.6 Å². The van der Waals surface area contributed by atoms with Crippen LogP contribution in [0.3, 0.4) is 0 Å². The van der Waals surface area contributed by atoms with Crippen molar-refractivity contribution in [1.82, 2.24) is 14.9 Å². The molecule has 1 saturated heterocycles.